The second-order valence-electron chi connectivity index (χ2n) is 8.61. The molecule has 9 nitrogen and oxygen atoms in total. The average Bonchev–Trinajstić information content (AvgIpc) is 3.60. The standard InChI is InChI=1S/C25H28N4O5/c1-16-13-19(9-10-20(16)23-27-25(30)34-28-23)32-15-21-22(14-29-11-3-4-12-29)33-24(26-21)17-5-7-18(31-2)8-6-17/h5-7,9-10,13,18H,3-4,8,11-12,14-15H2,1-2H3,(H,27,28,30). The minimum absolute atomic E-state index is 0.0897. The fourth-order valence-electron chi connectivity index (χ4n) is 4.31. The van der Waals surface area contributed by atoms with Gasteiger partial charge in [0.1, 0.15) is 23.8 Å². The maximum absolute atomic E-state index is 11.3. The number of methoxy groups -OCH3 is 1. The molecule has 1 aliphatic heterocycles. The van der Waals surface area contributed by atoms with E-state index in [-0.39, 0.29) is 6.10 Å². The van der Waals surface area contributed by atoms with Gasteiger partial charge in [-0.15, -0.1) is 0 Å². The molecular formula is C25H28N4O5. The molecule has 1 aromatic carbocycles. The zero-order valence-electron chi connectivity index (χ0n) is 19.4. The number of hydrogen-bond donors (Lipinski definition) is 1. The molecule has 5 rings (SSSR count). The van der Waals surface area contributed by atoms with E-state index in [0.717, 1.165) is 54.2 Å². The van der Waals surface area contributed by atoms with Crippen LogP contribution in [0, 0.1) is 6.92 Å². The number of nitrogens with one attached hydrogen (secondary N) is 1. The molecule has 1 atom stereocenters. The molecule has 9 heteroatoms. The SMILES string of the molecule is COC1C=CC(c2nc(COc3ccc(-c4noc(=O)[nH]4)c(C)c3)c(CN3CCCC3)o2)=CC1. The molecule has 1 aliphatic carbocycles. The summed E-state index contributed by atoms with van der Waals surface area (Å²) in [5.41, 5.74) is 3.45. The third kappa shape index (κ3) is 4.90. The van der Waals surface area contributed by atoms with Gasteiger partial charge in [0.15, 0.2) is 5.82 Å². The number of rotatable bonds is 8. The van der Waals surface area contributed by atoms with Gasteiger partial charge in [0.2, 0.25) is 5.89 Å². The molecule has 0 spiro atoms. The Morgan fingerprint density at radius 3 is 2.79 bits per heavy atom. The summed E-state index contributed by atoms with van der Waals surface area (Å²) in [6.07, 6.45) is 9.43. The minimum Gasteiger partial charge on any atom is -0.487 e. The summed E-state index contributed by atoms with van der Waals surface area (Å²) in [5.74, 6) is 1.97. The van der Waals surface area contributed by atoms with Crippen molar-refractivity contribution < 1.29 is 18.4 Å². The van der Waals surface area contributed by atoms with Crippen LogP contribution in [0.25, 0.3) is 17.0 Å². The Kier molecular flexibility index (Phi) is 6.46. The fourth-order valence-corrected chi connectivity index (χ4v) is 4.31. The van der Waals surface area contributed by atoms with Crippen LogP contribution in [-0.4, -0.2) is 46.3 Å². The van der Waals surface area contributed by atoms with Crippen LogP contribution in [0.2, 0.25) is 0 Å². The lowest BCUT2D eigenvalue weighted by Gasteiger charge is -2.14. The highest BCUT2D eigenvalue weighted by Gasteiger charge is 2.22. The number of nitrogens with zero attached hydrogens (tertiary/aromatic N) is 3. The van der Waals surface area contributed by atoms with Crippen molar-refractivity contribution in [3.63, 3.8) is 0 Å². The number of aromatic nitrogens is 3. The molecule has 0 bridgehead atoms. The van der Waals surface area contributed by atoms with Gasteiger partial charge in [-0.3, -0.25) is 14.4 Å². The van der Waals surface area contributed by atoms with E-state index in [0.29, 0.717) is 24.1 Å². The van der Waals surface area contributed by atoms with Gasteiger partial charge < -0.3 is 13.9 Å². The van der Waals surface area contributed by atoms with E-state index < -0.39 is 5.76 Å². The Hall–Kier alpha value is -3.43. The van der Waals surface area contributed by atoms with Crippen molar-refractivity contribution in [1.82, 2.24) is 20.0 Å². The summed E-state index contributed by atoms with van der Waals surface area (Å²) in [5, 5.41) is 3.76. The summed E-state index contributed by atoms with van der Waals surface area (Å²) < 4.78 is 22.3. The molecule has 2 aromatic heterocycles. The van der Waals surface area contributed by atoms with Gasteiger partial charge in [0, 0.05) is 18.2 Å². The Labute approximate surface area is 197 Å². The van der Waals surface area contributed by atoms with E-state index in [9.17, 15) is 4.79 Å². The first kappa shape index (κ1) is 22.4. The first-order valence-corrected chi connectivity index (χ1v) is 11.5. The maximum atomic E-state index is 11.3. The highest BCUT2D eigenvalue weighted by atomic mass is 16.5. The van der Waals surface area contributed by atoms with Gasteiger partial charge in [-0.1, -0.05) is 23.4 Å². The quantitative estimate of drug-likeness (QED) is 0.536. The van der Waals surface area contributed by atoms with E-state index >= 15 is 0 Å². The number of ether oxygens (including phenoxy) is 2. The Morgan fingerprint density at radius 2 is 2.12 bits per heavy atom. The third-order valence-electron chi connectivity index (χ3n) is 6.22. The highest BCUT2D eigenvalue weighted by molar-refractivity contribution is 5.70. The summed E-state index contributed by atoms with van der Waals surface area (Å²) in [7, 11) is 1.71. The number of oxazole rings is 1. The first-order valence-electron chi connectivity index (χ1n) is 11.5. The number of hydrogen-bond acceptors (Lipinski definition) is 8. The van der Waals surface area contributed by atoms with E-state index in [1.165, 1.54) is 12.8 Å². The molecule has 1 saturated heterocycles. The Morgan fingerprint density at radius 1 is 1.26 bits per heavy atom. The lowest BCUT2D eigenvalue weighted by molar-refractivity contribution is 0.143. The van der Waals surface area contributed by atoms with Crippen molar-refractivity contribution in [2.75, 3.05) is 20.2 Å². The van der Waals surface area contributed by atoms with Gasteiger partial charge in [-0.05, 0) is 63.0 Å². The molecule has 0 radical (unpaired) electrons. The fraction of sp³-hybridized carbons (Fsp3) is 0.400. The van der Waals surface area contributed by atoms with Gasteiger partial charge in [-0.2, -0.15) is 0 Å². The number of benzene rings is 1. The predicted molar refractivity (Wildman–Crippen MR) is 125 cm³/mol. The summed E-state index contributed by atoms with van der Waals surface area (Å²) >= 11 is 0. The molecule has 1 N–H and O–H groups in total. The normalized spacial score (nSPS) is 18.4. The zero-order valence-corrected chi connectivity index (χ0v) is 19.4. The van der Waals surface area contributed by atoms with Gasteiger partial charge >= 0.3 is 5.76 Å². The molecule has 0 amide bonds. The van der Waals surface area contributed by atoms with Crippen LogP contribution in [0.1, 0.15) is 42.2 Å². The van der Waals surface area contributed by atoms with Gasteiger partial charge in [0.05, 0.1) is 12.6 Å². The van der Waals surface area contributed by atoms with Crippen molar-refractivity contribution in [3.8, 4) is 17.1 Å². The molecule has 178 valence electrons. The second kappa shape index (κ2) is 9.82. The minimum atomic E-state index is -0.581. The topological polar surface area (TPSA) is 107 Å². The maximum Gasteiger partial charge on any atom is 0.439 e. The predicted octanol–water partition coefficient (Wildman–Crippen LogP) is 3.86. The van der Waals surface area contributed by atoms with E-state index in [2.05, 4.69) is 25.6 Å². The van der Waals surface area contributed by atoms with Crippen LogP contribution in [0.5, 0.6) is 5.75 Å². The molecular weight excluding hydrogens is 436 g/mol. The van der Waals surface area contributed by atoms with Crippen LogP contribution < -0.4 is 10.5 Å². The van der Waals surface area contributed by atoms with Crippen molar-refractivity contribution >= 4 is 5.57 Å². The molecule has 2 aliphatic rings. The molecule has 0 saturated carbocycles. The van der Waals surface area contributed by atoms with E-state index in [1.54, 1.807) is 7.11 Å². The lowest BCUT2D eigenvalue weighted by Crippen LogP contribution is -2.19. The lowest BCUT2D eigenvalue weighted by atomic mass is 10.1. The number of aryl methyl sites for hydroxylation is 1. The van der Waals surface area contributed by atoms with Crippen LogP contribution in [-0.2, 0) is 17.9 Å². The zero-order chi connectivity index (χ0) is 23.5. The van der Waals surface area contributed by atoms with Crippen molar-refractivity contribution in [1.29, 1.82) is 0 Å². The van der Waals surface area contributed by atoms with Crippen LogP contribution in [0.4, 0.5) is 0 Å². The highest BCUT2D eigenvalue weighted by Crippen LogP contribution is 2.28. The number of aromatic amines is 1. The van der Waals surface area contributed by atoms with Gasteiger partial charge in [0.25, 0.3) is 0 Å². The Bertz CT molecular complexity index is 1260. The van der Waals surface area contributed by atoms with E-state index in [4.69, 9.17) is 18.9 Å². The molecule has 1 fully saturated rings. The molecule has 3 aromatic rings. The Balaban J connectivity index is 1.34. The summed E-state index contributed by atoms with van der Waals surface area (Å²) in [4.78, 5) is 21.0. The van der Waals surface area contributed by atoms with Crippen LogP contribution >= 0.6 is 0 Å². The molecule has 34 heavy (non-hydrogen) atoms. The first-order chi connectivity index (χ1) is 16.6. The third-order valence-corrected chi connectivity index (χ3v) is 6.22. The number of H-pyrrole nitrogens is 1. The van der Waals surface area contributed by atoms with Gasteiger partial charge in [-0.25, -0.2) is 9.78 Å². The van der Waals surface area contributed by atoms with Crippen molar-refractivity contribution in [2.45, 2.75) is 45.4 Å². The summed E-state index contributed by atoms with van der Waals surface area (Å²) in [6, 6.07) is 5.59. The summed E-state index contributed by atoms with van der Waals surface area (Å²) in [6.45, 7) is 5.08. The number of allylic oxidation sites excluding steroid dienone is 2. The molecule has 3 heterocycles. The van der Waals surface area contributed by atoms with E-state index in [1.807, 2.05) is 37.3 Å². The van der Waals surface area contributed by atoms with Crippen molar-refractivity contribution in [3.05, 3.63) is 69.9 Å². The monoisotopic (exact) mass is 464 g/mol. The molecule has 1 unspecified atom stereocenters. The van der Waals surface area contributed by atoms with Crippen LogP contribution in [0.15, 0.2) is 50.2 Å². The smallest absolute Gasteiger partial charge is 0.439 e. The largest absolute Gasteiger partial charge is 0.487 e. The van der Waals surface area contributed by atoms with Crippen LogP contribution in [0.3, 0.4) is 0 Å². The average molecular weight is 465 g/mol. The van der Waals surface area contributed by atoms with Crippen molar-refractivity contribution in [2.24, 2.45) is 0 Å². The second-order valence-corrected chi connectivity index (χ2v) is 8.61. The number of likely N-dealkylation sites (tertiary alicyclic amines) is 1.